The van der Waals surface area contributed by atoms with E-state index in [2.05, 4.69) is 5.43 Å². The quantitative estimate of drug-likeness (QED) is 0.227. The molecule has 3 aromatic rings. The van der Waals surface area contributed by atoms with Crippen LogP contribution in [0.3, 0.4) is 0 Å². The van der Waals surface area contributed by atoms with Gasteiger partial charge in [0.2, 0.25) is 11.8 Å². The van der Waals surface area contributed by atoms with Crippen molar-refractivity contribution in [2.45, 2.75) is 30.6 Å². The standard InChI is InChI=1S/C36H31ClFN3O8/c1-49-27-4-2-3-26(42)30(27)31-22-13-14-23-29(34(47)40(32(23)45)16-15-28(43)44)24(22)17-25-33(46)41(39-21-11-9-20(38)10-12-21)35(48)36(25,31)18-5-7-19(37)8-6-18/h2-13,23-25,29,31,39,42H,14-17H2,1H3,(H,43,44)/t23-,24+,25-,29-,31+,36+/m0/s1. The number of carboxylic acids is 1. The van der Waals surface area contributed by atoms with Gasteiger partial charge in [0.1, 0.15) is 17.3 Å². The van der Waals surface area contributed by atoms with Gasteiger partial charge in [0.25, 0.3) is 11.8 Å². The molecule has 3 aromatic carbocycles. The van der Waals surface area contributed by atoms with Crippen molar-refractivity contribution < 1.29 is 43.3 Å². The lowest BCUT2D eigenvalue weighted by Gasteiger charge is -2.50. The molecule has 49 heavy (non-hydrogen) atoms. The van der Waals surface area contributed by atoms with Crippen molar-refractivity contribution in [2.75, 3.05) is 19.1 Å². The fourth-order valence-electron chi connectivity index (χ4n) is 8.46. The number of methoxy groups -OCH3 is 1. The van der Waals surface area contributed by atoms with Crippen molar-refractivity contribution in [1.82, 2.24) is 9.91 Å². The van der Waals surface area contributed by atoms with Crippen LogP contribution in [0.15, 0.2) is 78.4 Å². The minimum Gasteiger partial charge on any atom is -0.508 e. The molecule has 3 fully saturated rings. The number of imide groups is 2. The number of benzene rings is 3. The molecule has 0 radical (unpaired) electrons. The molecule has 13 heteroatoms. The monoisotopic (exact) mass is 687 g/mol. The molecule has 2 aliphatic carbocycles. The van der Waals surface area contributed by atoms with E-state index in [-0.39, 0.29) is 42.1 Å². The maximum absolute atomic E-state index is 15.1. The molecule has 3 N–H and O–H groups in total. The third kappa shape index (κ3) is 4.87. The number of ether oxygens (including phenoxy) is 1. The Morgan fingerprint density at radius 3 is 2.39 bits per heavy atom. The molecule has 2 heterocycles. The molecule has 0 bridgehead atoms. The summed E-state index contributed by atoms with van der Waals surface area (Å²) in [6, 6.07) is 16.3. The molecule has 1 saturated carbocycles. The van der Waals surface area contributed by atoms with Crippen LogP contribution in [0.5, 0.6) is 11.5 Å². The van der Waals surface area contributed by atoms with Crippen LogP contribution >= 0.6 is 11.6 Å². The van der Waals surface area contributed by atoms with Gasteiger partial charge in [-0.1, -0.05) is 41.4 Å². The third-order valence-electron chi connectivity index (χ3n) is 10.4. The summed E-state index contributed by atoms with van der Waals surface area (Å²) in [7, 11) is 1.42. The van der Waals surface area contributed by atoms with Gasteiger partial charge in [-0.05, 0) is 72.9 Å². The first-order valence-electron chi connectivity index (χ1n) is 15.8. The lowest BCUT2D eigenvalue weighted by molar-refractivity contribution is -0.143. The molecule has 2 saturated heterocycles. The number of allylic oxidation sites excluding steroid dienone is 2. The summed E-state index contributed by atoms with van der Waals surface area (Å²) in [6.07, 6.45) is 1.51. The van der Waals surface area contributed by atoms with Gasteiger partial charge in [0, 0.05) is 23.0 Å². The zero-order chi connectivity index (χ0) is 34.8. The molecule has 0 unspecified atom stereocenters. The summed E-state index contributed by atoms with van der Waals surface area (Å²) in [6.45, 7) is -0.288. The Bertz CT molecular complexity index is 1930. The summed E-state index contributed by atoms with van der Waals surface area (Å²) in [5, 5.41) is 22.1. The second-order valence-electron chi connectivity index (χ2n) is 12.7. The predicted molar refractivity (Wildman–Crippen MR) is 173 cm³/mol. The van der Waals surface area contributed by atoms with E-state index >= 15 is 4.79 Å². The van der Waals surface area contributed by atoms with Crippen LogP contribution in [-0.2, 0) is 29.4 Å². The highest BCUT2D eigenvalue weighted by Crippen LogP contribution is 2.65. The molecular formula is C36H31ClFN3O8. The number of hydrogen-bond acceptors (Lipinski definition) is 8. The van der Waals surface area contributed by atoms with Crippen LogP contribution in [0.1, 0.15) is 36.3 Å². The van der Waals surface area contributed by atoms with E-state index in [0.717, 1.165) is 9.91 Å². The molecule has 4 aliphatic rings. The van der Waals surface area contributed by atoms with E-state index < -0.39 is 76.8 Å². The maximum Gasteiger partial charge on any atom is 0.305 e. The first-order valence-corrected chi connectivity index (χ1v) is 16.2. The van der Waals surface area contributed by atoms with Gasteiger partial charge < -0.3 is 14.9 Å². The number of phenolic OH excluding ortho intramolecular Hbond substituents is 1. The molecule has 4 amide bonds. The Balaban J connectivity index is 1.46. The minimum absolute atomic E-state index is 0.0139. The summed E-state index contributed by atoms with van der Waals surface area (Å²) < 4.78 is 19.5. The first kappa shape index (κ1) is 32.3. The number of nitrogens with one attached hydrogen (secondary N) is 1. The fraction of sp³-hybridized carbons (Fsp3) is 0.306. The smallest absolute Gasteiger partial charge is 0.305 e. The summed E-state index contributed by atoms with van der Waals surface area (Å²) >= 11 is 6.30. The zero-order valence-corrected chi connectivity index (χ0v) is 26.9. The van der Waals surface area contributed by atoms with E-state index in [1.165, 1.54) is 37.4 Å². The molecule has 6 atom stereocenters. The van der Waals surface area contributed by atoms with Crippen molar-refractivity contribution in [2.24, 2.45) is 23.7 Å². The normalized spacial score (nSPS) is 27.4. The van der Waals surface area contributed by atoms with Gasteiger partial charge in [0.15, 0.2) is 0 Å². The number of likely N-dealkylation sites (tertiary alicyclic amines) is 1. The van der Waals surface area contributed by atoms with E-state index in [9.17, 15) is 33.8 Å². The van der Waals surface area contributed by atoms with Crippen molar-refractivity contribution in [3.05, 3.63) is 100 Å². The highest BCUT2D eigenvalue weighted by molar-refractivity contribution is 6.30. The second-order valence-corrected chi connectivity index (χ2v) is 13.2. The number of carboxylic acid groups (broad SMARTS) is 1. The van der Waals surface area contributed by atoms with Crippen LogP contribution in [0, 0.1) is 29.5 Å². The molecule has 2 aliphatic heterocycles. The third-order valence-corrected chi connectivity index (χ3v) is 10.7. The number of hydrazine groups is 1. The molecule has 11 nitrogen and oxygen atoms in total. The molecule has 252 valence electrons. The Hall–Kier alpha value is -5.23. The lowest BCUT2D eigenvalue weighted by Crippen LogP contribution is -2.53. The SMILES string of the molecule is COc1cccc(O)c1[C@H]1C2=CC[C@@H]3C(=O)N(CCC(=O)O)C(=O)[C@@H]3[C@@H]2C[C@H]2C(=O)N(Nc3ccc(F)cc3)C(=O)[C@@]12c1ccc(Cl)cc1. The van der Waals surface area contributed by atoms with Gasteiger partial charge in [-0.15, -0.1) is 0 Å². The van der Waals surface area contributed by atoms with Gasteiger partial charge in [-0.25, -0.2) is 4.39 Å². The Kier molecular flexibility index (Phi) is 7.93. The number of fused-ring (bicyclic) bond motifs is 4. The van der Waals surface area contributed by atoms with Crippen LogP contribution in [0.25, 0.3) is 0 Å². The summed E-state index contributed by atoms with van der Waals surface area (Å²) in [4.78, 5) is 69.7. The molecule has 0 spiro atoms. The fourth-order valence-corrected chi connectivity index (χ4v) is 8.59. The number of carbonyl (C=O) groups excluding carboxylic acids is 4. The van der Waals surface area contributed by atoms with Gasteiger partial charge in [-0.2, -0.15) is 5.01 Å². The predicted octanol–water partition coefficient (Wildman–Crippen LogP) is 4.65. The number of rotatable bonds is 8. The number of halogens is 2. The largest absolute Gasteiger partial charge is 0.508 e. The van der Waals surface area contributed by atoms with E-state index in [4.69, 9.17) is 16.3 Å². The minimum atomic E-state index is -1.70. The Morgan fingerprint density at radius 1 is 1.00 bits per heavy atom. The van der Waals surface area contributed by atoms with Gasteiger partial charge >= 0.3 is 5.97 Å². The summed E-state index contributed by atoms with van der Waals surface area (Å²) in [5.41, 5.74) is 2.67. The number of amides is 4. The zero-order valence-electron chi connectivity index (χ0n) is 26.1. The highest BCUT2D eigenvalue weighted by Gasteiger charge is 2.71. The Labute approximate surface area is 284 Å². The molecular weight excluding hydrogens is 657 g/mol. The van der Waals surface area contributed by atoms with Gasteiger partial charge in [0.05, 0.1) is 42.4 Å². The van der Waals surface area contributed by atoms with Crippen molar-refractivity contribution >= 4 is 46.9 Å². The number of hydrogen-bond donors (Lipinski definition) is 3. The van der Waals surface area contributed by atoms with E-state index in [0.29, 0.717) is 16.2 Å². The van der Waals surface area contributed by atoms with Crippen molar-refractivity contribution in [1.29, 1.82) is 0 Å². The number of nitrogens with zero attached hydrogens (tertiary/aromatic N) is 2. The highest BCUT2D eigenvalue weighted by atomic mass is 35.5. The van der Waals surface area contributed by atoms with E-state index in [1.54, 1.807) is 36.4 Å². The number of phenols is 1. The lowest BCUT2D eigenvalue weighted by atomic mass is 9.49. The Morgan fingerprint density at radius 2 is 1.71 bits per heavy atom. The van der Waals surface area contributed by atoms with Crippen molar-refractivity contribution in [3.63, 3.8) is 0 Å². The van der Waals surface area contributed by atoms with Gasteiger partial charge in [-0.3, -0.25) is 34.3 Å². The first-order chi connectivity index (χ1) is 23.5. The van der Waals surface area contributed by atoms with Crippen LogP contribution in [-0.4, -0.2) is 63.4 Å². The number of aliphatic carboxylic acids is 1. The number of anilines is 1. The number of aromatic hydroxyl groups is 1. The van der Waals surface area contributed by atoms with E-state index in [1.807, 2.05) is 6.08 Å². The molecule has 0 aromatic heterocycles. The average molecular weight is 688 g/mol. The molecule has 7 rings (SSSR count). The maximum atomic E-state index is 15.1. The average Bonchev–Trinajstić information content (AvgIpc) is 3.45. The van der Waals surface area contributed by atoms with Crippen LogP contribution in [0.2, 0.25) is 5.02 Å². The second kappa shape index (κ2) is 12.0. The summed E-state index contributed by atoms with van der Waals surface area (Å²) in [5.74, 6) is -8.56. The topological polar surface area (TPSA) is 154 Å². The van der Waals surface area contributed by atoms with Crippen LogP contribution < -0.4 is 10.2 Å². The van der Waals surface area contributed by atoms with Crippen molar-refractivity contribution in [3.8, 4) is 11.5 Å². The van der Waals surface area contributed by atoms with Crippen LogP contribution in [0.4, 0.5) is 10.1 Å². The number of carbonyl (C=O) groups is 5.